The number of carboxylic acid groups (broad SMARTS) is 1. The molecule has 1 aromatic carbocycles. The monoisotopic (exact) mass is 309 g/mol. The number of carbonyl (C=O) groups excluding carboxylic acids is 1. The maximum Gasteiger partial charge on any atom is 0.334 e. The number of methoxy groups -OCH3 is 1. The average Bonchev–Trinajstić information content (AvgIpc) is 2.55. The van der Waals surface area contributed by atoms with Crippen LogP contribution in [0.2, 0.25) is 0 Å². The lowest BCUT2D eigenvalue weighted by molar-refractivity contribution is -0.154. The molecule has 2 rings (SSSR count). The van der Waals surface area contributed by atoms with Crippen molar-refractivity contribution < 1.29 is 28.9 Å². The van der Waals surface area contributed by atoms with Gasteiger partial charge >= 0.3 is 5.97 Å². The van der Waals surface area contributed by atoms with Crippen LogP contribution in [0, 0.1) is 0 Å². The highest BCUT2D eigenvalue weighted by atomic mass is 16.5. The first kappa shape index (κ1) is 16.3. The van der Waals surface area contributed by atoms with Gasteiger partial charge in [-0.3, -0.25) is 4.79 Å². The van der Waals surface area contributed by atoms with Crippen LogP contribution in [0.4, 0.5) is 0 Å². The number of hydrogen-bond acceptors (Lipinski definition) is 5. The van der Waals surface area contributed by atoms with Crippen molar-refractivity contribution >= 4 is 11.9 Å². The van der Waals surface area contributed by atoms with Crippen LogP contribution in [-0.2, 0) is 14.3 Å². The molecular formula is C15H19NO6. The summed E-state index contributed by atoms with van der Waals surface area (Å²) in [6, 6.07) is 6.80. The molecular weight excluding hydrogens is 290 g/mol. The van der Waals surface area contributed by atoms with Gasteiger partial charge < -0.3 is 24.2 Å². The topological polar surface area (TPSA) is 85.3 Å². The quantitative estimate of drug-likeness (QED) is 0.776. The Kier molecular flexibility index (Phi) is 5.74. The lowest BCUT2D eigenvalue weighted by atomic mass is 10.1. The van der Waals surface area contributed by atoms with Gasteiger partial charge in [-0.15, -0.1) is 0 Å². The number of nitrogens with zero attached hydrogens (tertiary/aromatic N) is 1. The maximum atomic E-state index is 12.4. The number of hydrogen-bond donors (Lipinski definition) is 1. The van der Waals surface area contributed by atoms with Crippen LogP contribution in [0.5, 0.6) is 5.75 Å². The van der Waals surface area contributed by atoms with E-state index in [2.05, 4.69) is 0 Å². The summed E-state index contributed by atoms with van der Waals surface area (Å²) in [7, 11) is 1.58. The zero-order valence-electron chi connectivity index (χ0n) is 12.4. The van der Waals surface area contributed by atoms with E-state index in [0.29, 0.717) is 31.1 Å². The third-order valence-electron chi connectivity index (χ3n) is 3.27. The second-order valence-corrected chi connectivity index (χ2v) is 4.82. The van der Waals surface area contributed by atoms with Gasteiger partial charge in [0.05, 0.1) is 19.8 Å². The fourth-order valence-corrected chi connectivity index (χ4v) is 2.13. The van der Waals surface area contributed by atoms with Gasteiger partial charge in [-0.1, -0.05) is 6.07 Å². The van der Waals surface area contributed by atoms with Gasteiger partial charge in [-0.25, -0.2) is 4.79 Å². The van der Waals surface area contributed by atoms with Crippen LogP contribution < -0.4 is 4.74 Å². The molecule has 0 saturated carbocycles. The van der Waals surface area contributed by atoms with Crippen molar-refractivity contribution in [2.24, 2.45) is 0 Å². The first-order valence-electron chi connectivity index (χ1n) is 6.97. The third-order valence-corrected chi connectivity index (χ3v) is 3.27. The minimum atomic E-state index is -1.06. The van der Waals surface area contributed by atoms with E-state index in [1.165, 1.54) is 4.90 Å². The molecule has 0 aliphatic carbocycles. The van der Waals surface area contributed by atoms with Crippen LogP contribution in [0.15, 0.2) is 24.3 Å². The number of benzene rings is 1. The van der Waals surface area contributed by atoms with Crippen molar-refractivity contribution in [2.75, 3.05) is 40.0 Å². The van der Waals surface area contributed by atoms with Gasteiger partial charge in [0, 0.05) is 19.2 Å². The lowest BCUT2D eigenvalue weighted by Crippen LogP contribution is -2.48. The fraction of sp³-hybridized carbons (Fsp3) is 0.467. The molecule has 1 fully saturated rings. The zero-order valence-corrected chi connectivity index (χ0v) is 12.4. The predicted molar refractivity (Wildman–Crippen MR) is 77.1 cm³/mol. The Bertz CT molecular complexity index is 533. The summed E-state index contributed by atoms with van der Waals surface area (Å²) < 4.78 is 15.5. The molecule has 1 heterocycles. The zero-order chi connectivity index (χ0) is 15.9. The van der Waals surface area contributed by atoms with Gasteiger partial charge in [0.2, 0.25) is 0 Å². The van der Waals surface area contributed by atoms with Crippen LogP contribution >= 0.6 is 0 Å². The number of carboxylic acids is 1. The Hall–Kier alpha value is -2.12. The van der Waals surface area contributed by atoms with Crippen molar-refractivity contribution in [3.05, 3.63) is 29.8 Å². The minimum absolute atomic E-state index is 0.0446. The first-order valence-corrected chi connectivity index (χ1v) is 6.97. The summed E-state index contributed by atoms with van der Waals surface area (Å²) in [4.78, 5) is 24.9. The van der Waals surface area contributed by atoms with Crippen molar-refractivity contribution in [1.29, 1.82) is 0 Å². The predicted octanol–water partition coefficient (Wildman–Crippen LogP) is 0.637. The van der Waals surface area contributed by atoms with Gasteiger partial charge in [0.25, 0.3) is 5.91 Å². The van der Waals surface area contributed by atoms with Gasteiger partial charge in [0.15, 0.2) is 6.10 Å². The van der Waals surface area contributed by atoms with Crippen LogP contribution in [-0.4, -0.2) is 68.0 Å². The summed E-state index contributed by atoms with van der Waals surface area (Å²) >= 11 is 0. The second-order valence-electron chi connectivity index (χ2n) is 4.82. The summed E-state index contributed by atoms with van der Waals surface area (Å²) in [6.45, 7) is 1.49. The van der Waals surface area contributed by atoms with Gasteiger partial charge in [0.1, 0.15) is 12.4 Å². The smallest absolute Gasteiger partial charge is 0.334 e. The highest BCUT2D eigenvalue weighted by molar-refractivity contribution is 5.95. The van der Waals surface area contributed by atoms with E-state index in [-0.39, 0.29) is 19.1 Å². The molecule has 0 unspecified atom stereocenters. The van der Waals surface area contributed by atoms with Crippen LogP contribution in [0.25, 0.3) is 0 Å². The molecule has 22 heavy (non-hydrogen) atoms. The van der Waals surface area contributed by atoms with E-state index < -0.39 is 12.1 Å². The van der Waals surface area contributed by atoms with E-state index in [1.807, 2.05) is 0 Å². The molecule has 1 aliphatic rings. The number of morpholine rings is 1. The lowest BCUT2D eigenvalue weighted by Gasteiger charge is -2.31. The van der Waals surface area contributed by atoms with Crippen molar-refractivity contribution in [1.82, 2.24) is 4.90 Å². The summed E-state index contributed by atoms with van der Waals surface area (Å²) in [6.07, 6.45) is -0.973. The van der Waals surface area contributed by atoms with Crippen molar-refractivity contribution in [3.8, 4) is 5.75 Å². The molecule has 0 spiro atoms. The highest BCUT2D eigenvalue weighted by Crippen LogP contribution is 2.17. The van der Waals surface area contributed by atoms with Crippen molar-refractivity contribution in [3.63, 3.8) is 0 Å². The summed E-state index contributed by atoms with van der Waals surface area (Å²) in [5.41, 5.74) is 0.459. The Morgan fingerprint density at radius 3 is 2.95 bits per heavy atom. The highest BCUT2D eigenvalue weighted by Gasteiger charge is 2.29. The van der Waals surface area contributed by atoms with Gasteiger partial charge in [-0.2, -0.15) is 0 Å². The SMILES string of the molecule is COCCOc1cccc(C(=O)N2CCO[C@H](C(=O)O)C2)c1. The normalized spacial score (nSPS) is 18.0. The van der Waals surface area contributed by atoms with Crippen molar-refractivity contribution in [2.45, 2.75) is 6.10 Å². The fourth-order valence-electron chi connectivity index (χ4n) is 2.13. The molecule has 7 nitrogen and oxygen atoms in total. The summed E-state index contributed by atoms with van der Waals surface area (Å²) in [5.74, 6) is -0.716. The average molecular weight is 309 g/mol. The summed E-state index contributed by atoms with van der Waals surface area (Å²) in [5, 5.41) is 8.98. The Morgan fingerprint density at radius 1 is 1.41 bits per heavy atom. The Labute approximate surface area is 128 Å². The van der Waals surface area contributed by atoms with E-state index >= 15 is 0 Å². The Balaban J connectivity index is 2.02. The molecule has 1 aromatic rings. The maximum absolute atomic E-state index is 12.4. The number of aliphatic carboxylic acids is 1. The number of carbonyl (C=O) groups is 2. The minimum Gasteiger partial charge on any atom is -0.491 e. The second kappa shape index (κ2) is 7.77. The van der Waals surface area contributed by atoms with E-state index in [0.717, 1.165) is 0 Å². The number of rotatable bonds is 6. The van der Waals surface area contributed by atoms with Gasteiger partial charge in [-0.05, 0) is 18.2 Å². The third kappa shape index (κ3) is 4.19. The molecule has 1 amide bonds. The largest absolute Gasteiger partial charge is 0.491 e. The standard InChI is InChI=1S/C15H19NO6/c1-20-7-8-21-12-4-2-3-11(9-12)14(17)16-5-6-22-13(10-16)15(18)19/h2-4,9,13H,5-8,10H2,1H3,(H,18,19)/t13-/m0/s1. The number of amides is 1. The molecule has 0 aromatic heterocycles. The molecule has 1 N–H and O–H groups in total. The van der Waals surface area contributed by atoms with E-state index in [1.54, 1.807) is 31.4 Å². The molecule has 1 aliphatic heterocycles. The molecule has 0 bridgehead atoms. The first-order chi connectivity index (χ1) is 10.6. The van der Waals surface area contributed by atoms with Crippen LogP contribution in [0.1, 0.15) is 10.4 Å². The molecule has 1 atom stereocenters. The molecule has 1 saturated heterocycles. The van der Waals surface area contributed by atoms with E-state index in [4.69, 9.17) is 19.3 Å². The number of ether oxygens (including phenoxy) is 3. The Morgan fingerprint density at radius 2 is 2.23 bits per heavy atom. The van der Waals surface area contributed by atoms with Crippen LogP contribution in [0.3, 0.4) is 0 Å². The molecule has 0 radical (unpaired) electrons. The molecule has 7 heteroatoms. The molecule has 120 valence electrons. The van der Waals surface area contributed by atoms with E-state index in [9.17, 15) is 9.59 Å².